The van der Waals surface area contributed by atoms with Crippen molar-refractivity contribution in [2.45, 2.75) is 31.7 Å². The molecule has 0 radical (unpaired) electrons. The van der Waals surface area contributed by atoms with Crippen LogP contribution >= 0.6 is 11.3 Å². The maximum absolute atomic E-state index is 3.73. The summed E-state index contributed by atoms with van der Waals surface area (Å²) >= 11 is 1.95. The zero-order valence-electron chi connectivity index (χ0n) is 8.25. The minimum Gasteiger partial charge on any atom is -0.309 e. The number of rotatable bonds is 1. The van der Waals surface area contributed by atoms with E-state index in [-0.39, 0.29) is 0 Å². The Morgan fingerprint density at radius 2 is 2.36 bits per heavy atom. The van der Waals surface area contributed by atoms with Crippen molar-refractivity contribution in [1.82, 2.24) is 5.32 Å². The zero-order valence-corrected chi connectivity index (χ0v) is 9.07. The molecule has 2 atom stereocenters. The quantitative estimate of drug-likeness (QED) is 0.743. The first-order valence-corrected chi connectivity index (χ1v) is 6.57. The molecule has 1 aromatic rings. The summed E-state index contributed by atoms with van der Waals surface area (Å²) in [5.74, 6) is 0.983. The fraction of sp³-hybridized carbons (Fsp3) is 0.667. The van der Waals surface area contributed by atoms with Crippen LogP contribution < -0.4 is 5.32 Å². The Morgan fingerprint density at radius 3 is 3.14 bits per heavy atom. The molecule has 74 valence electrons. The van der Waals surface area contributed by atoms with Crippen LogP contribution in [0.1, 0.15) is 35.7 Å². The van der Waals surface area contributed by atoms with Gasteiger partial charge in [0, 0.05) is 17.5 Å². The van der Waals surface area contributed by atoms with E-state index in [0.717, 1.165) is 11.3 Å². The molecule has 14 heavy (non-hydrogen) atoms. The van der Waals surface area contributed by atoms with Crippen LogP contribution in [-0.4, -0.2) is 6.54 Å². The van der Waals surface area contributed by atoms with Gasteiger partial charge in [0.1, 0.15) is 0 Å². The van der Waals surface area contributed by atoms with Crippen molar-refractivity contribution in [3.63, 3.8) is 0 Å². The Balaban J connectivity index is 1.69. The van der Waals surface area contributed by atoms with Gasteiger partial charge in [-0.25, -0.2) is 0 Å². The van der Waals surface area contributed by atoms with Crippen LogP contribution in [0.3, 0.4) is 0 Å². The summed E-state index contributed by atoms with van der Waals surface area (Å²) in [6, 6.07) is 3.07. The number of hydrogen-bond donors (Lipinski definition) is 1. The summed E-state index contributed by atoms with van der Waals surface area (Å²) < 4.78 is 0. The molecular weight excluding hydrogens is 190 g/mol. The van der Waals surface area contributed by atoms with E-state index in [4.69, 9.17) is 0 Å². The average Bonchev–Trinajstić information content (AvgIpc) is 3.08. The van der Waals surface area contributed by atoms with E-state index < -0.39 is 0 Å². The molecule has 0 saturated heterocycles. The Hall–Kier alpha value is -0.340. The SMILES string of the molecule is c1cc2c(s1)CCNC2C1CC12CC2. The largest absolute Gasteiger partial charge is 0.309 e. The number of nitrogens with one attached hydrogen (secondary N) is 1. The lowest BCUT2D eigenvalue weighted by Crippen LogP contribution is -2.30. The lowest BCUT2D eigenvalue weighted by atomic mass is 9.97. The van der Waals surface area contributed by atoms with Gasteiger partial charge in [0.2, 0.25) is 0 Å². The first kappa shape index (κ1) is 7.89. The Bertz CT molecular complexity index is 377. The third-order valence-corrected chi connectivity index (χ3v) is 5.38. The van der Waals surface area contributed by atoms with Crippen LogP contribution in [0.2, 0.25) is 0 Å². The fourth-order valence-electron chi connectivity index (χ4n) is 3.23. The van der Waals surface area contributed by atoms with Crippen molar-refractivity contribution in [1.29, 1.82) is 0 Å². The van der Waals surface area contributed by atoms with E-state index in [1.807, 2.05) is 11.3 Å². The molecule has 2 aliphatic carbocycles. The first-order chi connectivity index (χ1) is 6.89. The van der Waals surface area contributed by atoms with Gasteiger partial charge in [0.05, 0.1) is 0 Å². The molecule has 1 aliphatic heterocycles. The predicted octanol–water partition coefficient (Wildman–Crippen LogP) is 2.74. The molecule has 1 nitrogen and oxygen atoms in total. The molecule has 3 aliphatic rings. The van der Waals surface area contributed by atoms with E-state index >= 15 is 0 Å². The van der Waals surface area contributed by atoms with Crippen LogP contribution in [0.15, 0.2) is 11.4 Å². The summed E-state index contributed by atoms with van der Waals surface area (Å²) in [7, 11) is 0. The van der Waals surface area contributed by atoms with Gasteiger partial charge in [-0.3, -0.25) is 0 Å². The van der Waals surface area contributed by atoms with Gasteiger partial charge in [0.15, 0.2) is 0 Å². The highest BCUT2D eigenvalue weighted by molar-refractivity contribution is 7.10. The highest BCUT2D eigenvalue weighted by atomic mass is 32.1. The van der Waals surface area contributed by atoms with Crippen molar-refractivity contribution in [2.75, 3.05) is 6.54 Å². The topological polar surface area (TPSA) is 12.0 Å². The standard InChI is InChI=1S/C12H15NS/c1-5-13-11(8-2-6-14-10(1)8)9-7-12(9)3-4-12/h2,6,9,11,13H,1,3-5,7H2. The second kappa shape index (κ2) is 2.42. The molecule has 2 heteroatoms. The molecular formula is C12H15NS. The first-order valence-electron chi connectivity index (χ1n) is 5.69. The minimum absolute atomic E-state index is 0.715. The Kier molecular flexibility index (Phi) is 1.36. The van der Waals surface area contributed by atoms with Gasteiger partial charge < -0.3 is 5.32 Å². The molecule has 2 heterocycles. The van der Waals surface area contributed by atoms with E-state index in [1.54, 1.807) is 10.4 Å². The number of thiophene rings is 1. The van der Waals surface area contributed by atoms with Crippen molar-refractivity contribution in [2.24, 2.45) is 11.3 Å². The normalized spacial score (nSPS) is 36.9. The van der Waals surface area contributed by atoms with E-state index in [0.29, 0.717) is 6.04 Å². The maximum atomic E-state index is 3.73. The molecule has 2 unspecified atom stereocenters. The molecule has 1 aromatic heterocycles. The molecule has 1 N–H and O–H groups in total. The molecule has 1 spiro atoms. The fourth-order valence-corrected chi connectivity index (χ4v) is 4.16. The van der Waals surface area contributed by atoms with Gasteiger partial charge in [-0.05, 0) is 54.0 Å². The maximum Gasteiger partial charge on any atom is 0.0365 e. The lowest BCUT2D eigenvalue weighted by molar-refractivity contribution is 0.436. The van der Waals surface area contributed by atoms with Crippen LogP contribution in [0.25, 0.3) is 0 Å². The van der Waals surface area contributed by atoms with Gasteiger partial charge in [-0.15, -0.1) is 11.3 Å². The van der Waals surface area contributed by atoms with Crippen molar-refractivity contribution >= 4 is 11.3 Å². The highest BCUT2D eigenvalue weighted by Crippen LogP contribution is 2.74. The summed E-state index contributed by atoms with van der Waals surface area (Å²) in [5.41, 5.74) is 2.46. The van der Waals surface area contributed by atoms with Gasteiger partial charge in [-0.1, -0.05) is 0 Å². The van der Waals surface area contributed by atoms with E-state index in [2.05, 4.69) is 16.8 Å². The smallest absolute Gasteiger partial charge is 0.0365 e. The molecule has 2 fully saturated rings. The van der Waals surface area contributed by atoms with Crippen LogP contribution in [0.4, 0.5) is 0 Å². The minimum atomic E-state index is 0.715. The van der Waals surface area contributed by atoms with Gasteiger partial charge >= 0.3 is 0 Å². The second-order valence-corrected chi connectivity index (χ2v) is 6.15. The monoisotopic (exact) mass is 205 g/mol. The van der Waals surface area contributed by atoms with E-state index in [1.165, 1.54) is 32.2 Å². The van der Waals surface area contributed by atoms with Crippen molar-refractivity contribution < 1.29 is 0 Å². The van der Waals surface area contributed by atoms with Crippen LogP contribution in [0, 0.1) is 11.3 Å². The summed E-state index contributed by atoms with van der Waals surface area (Å²) in [5, 5.41) is 6.00. The summed E-state index contributed by atoms with van der Waals surface area (Å²) in [4.78, 5) is 1.65. The van der Waals surface area contributed by atoms with Crippen molar-refractivity contribution in [3.05, 3.63) is 21.9 Å². The Labute approximate surface area is 88.5 Å². The van der Waals surface area contributed by atoms with E-state index in [9.17, 15) is 0 Å². The van der Waals surface area contributed by atoms with Gasteiger partial charge in [0.25, 0.3) is 0 Å². The predicted molar refractivity (Wildman–Crippen MR) is 58.5 cm³/mol. The number of fused-ring (bicyclic) bond motifs is 1. The highest BCUT2D eigenvalue weighted by Gasteiger charge is 2.65. The molecule has 0 bridgehead atoms. The lowest BCUT2D eigenvalue weighted by Gasteiger charge is -2.24. The van der Waals surface area contributed by atoms with Crippen molar-refractivity contribution in [3.8, 4) is 0 Å². The molecule has 0 amide bonds. The van der Waals surface area contributed by atoms with Crippen LogP contribution in [-0.2, 0) is 6.42 Å². The zero-order chi connectivity index (χ0) is 9.17. The summed E-state index contributed by atoms with van der Waals surface area (Å²) in [6.45, 7) is 1.20. The molecule has 0 aromatic carbocycles. The Morgan fingerprint density at radius 1 is 1.43 bits per heavy atom. The second-order valence-electron chi connectivity index (χ2n) is 5.15. The summed E-state index contributed by atoms with van der Waals surface area (Å²) in [6.07, 6.45) is 5.77. The third kappa shape index (κ3) is 0.934. The third-order valence-electron chi connectivity index (χ3n) is 4.38. The van der Waals surface area contributed by atoms with Crippen LogP contribution in [0.5, 0.6) is 0 Å². The number of hydrogen-bond acceptors (Lipinski definition) is 2. The molecule has 4 rings (SSSR count). The average molecular weight is 205 g/mol. The van der Waals surface area contributed by atoms with Gasteiger partial charge in [-0.2, -0.15) is 0 Å². The molecule has 2 saturated carbocycles.